The molecule has 2 aliphatic rings. The van der Waals surface area contributed by atoms with Crippen LogP contribution < -0.4 is 14.2 Å². The first kappa shape index (κ1) is 15.8. The molecule has 0 aliphatic carbocycles. The highest BCUT2D eigenvalue weighted by Gasteiger charge is 2.34. The Morgan fingerprint density at radius 1 is 1.39 bits per heavy atom. The number of carbonyl (C=O) groups is 2. The van der Waals surface area contributed by atoms with Crippen LogP contribution >= 0.6 is 0 Å². The third-order valence-corrected chi connectivity index (χ3v) is 4.41. The van der Waals surface area contributed by atoms with Gasteiger partial charge in [0.2, 0.25) is 12.5 Å². The number of Topliss-reactive ketones (excluding diaryl/α,β-unsaturated/α-hetero) is 2. The van der Waals surface area contributed by atoms with Gasteiger partial charge in [0, 0.05) is 24.6 Å². The quantitative estimate of drug-likeness (QED) is 0.772. The SMILES string of the molecule is COc1c2c(cc3c1[C@@H](CC(=O)CC(C)=O)N(C)CC3)OCO2. The maximum Gasteiger partial charge on any atom is 0.231 e. The number of likely N-dealkylation sites (N-methyl/N-ethyl adjacent to an activating group) is 1. The molecular weight excluding hydrogens is 298 g/mol. The van der Waals surface area contributed by atoms with Gasteiger partial charge in [-0.05, 0) is 32.0 Å². The number of rotatable bonds is 5. The zero-order chi connectivity index (χ0) is 16.6. The summed E-state index contributed by atoms with van der Waals surface area (Å²) in [6.45, 7) is 2.46. The molecule has 0 spiro atoms. The minimum Gasteiger partial charge on any atom is -0.492 e. The van der Waals surface area contributed by atoms with Crippen molar-refractivity contribution in [3.8, 4) is 17.2 Å². The van der Waals surface area contributed by atoms with E-state index in [-0.39, 0.29) is 30.8 Å². The smallest absolute Gasteiger partial charge is 0.231 e. The van der Waals surface area contributed by atoms with Gasteiger partial charge in [-0.3, -0.25) is 14.5 Å². The second-order valence-corrected chi connectivity index (χ2v) is 6.08. The van der Waals surface area contributed by atoms with Gasteiger partial charge in [0.25, 0.3) is 0 Å². The van der Waals surface area contributed by atoms with E-state index in [4.69, 9.17) is 14.2 Å². The fourth-order valence-electron chi connectivity index (χ4n) is 3.35. The van der Waals surface area contributed by atoms with E-state index in [1.807, 2.05) is 13.1 Å². The second-order valence-electron chi connectivity index (χ2n) is 6.08. The van der Waals surface area contributed by atoms with Crippen molar-refractivity contribution in [1.82, 2.24) is 4.90 Å². The van der Waals surface area contributed by atoms with E-state index >= 15 is 0 Å². The summed E-state index contributed by atoms with van der Waals surface area (Å²) in [6, 6.07) is 1.87. The molecule has 2 heterocycles. The fraction of sp³-hybridized carbons (Fsp3) is 0.529. The van der Waals surface area contributed by atoms with Gasteiger partial charge in [-0.1, -0.05) is 0 Å². The first-order valence-electron chi connectivity index (χ1n) is 7.72. The summed E-state index contributed by atoms with van der Waals surface area (Å²) in [7, 11) is 3.58. The van der Waals surface area contributed by atoms with Crippen molar-refractivity contribution in [2.24, 2.45) is 0 Å². The van der Waals surface area contributed by atoms with Gasteiger partial charge >= 0.3 is 0 Å². The van der Waals surface area contributed by atoms with E-state index in [1.165, 1.54) is 6.92 Å². The van der Waals surface area contributed by atoms with Crippen LogP contribution in [0.15, 0.2) is 6.07 Å². The predicted octanol–water partition coefficient (Wildman–Crippen LogP) is 1.89. The van der Waals surface area contributed by atoms with Crippen LogP contribution in [0.3, 0.4) is 0 Å². The highest BCUT2D eigenvalue weighted by atomic mass is 16.7. The topological polar surface area (TPSA) is 65.1 Å². The van der Waals surface area contributed by atoms with Crippen molar-refractivity contribution in [1.29, 1.82) is 0 Å². The number of hydrogen-bond acceptors (Lipinski definition) is 6. The van der Waals surface area contributed by atoms with Crippen LogP contribution in [0.1, 0.15) is 36.9 Å². The van der Waals surface area contributed by atoms with E-state index in [2.05, 4.69) is 4.90 Å². The maximum absolute atomic E-state index is 12.2. The molecule has 3 rings (SSSR count). The minimum atomic E-state index is -0.116. The number of fused-ring (bicyclic) bond motifs is 2. The molecule has 0 aromatic heterocycles. The first-order chi connectivity index (χ1) is 11.0. The van der Waals surface area contributed by atoms with Crippen molar-refractivity contribution in [2.75, 3.05) is 27.5 Å². The van der Waals surface area contributed by atoms with Crippen LogP contribution in [-0.2, 0) is 16.0 Å². The number of nitrogens with zero attached hydrogens (tertiary/aromatic N) is 1. The van der Waals surface area contributed by atoms with Crippen molar-refractivity contribution >= 4 is 11.6 Å². The average molecular weight is 319 g/mol. The Labute approximate surface area is 135 Å². The van der Waals surface area contributed by atoms with Crippen LogP contribution in [0.2, 0.25) is 0 Å². The summed E-state index contributed by atoms with van der Waals surface area (Å²) in [5.74, 6) is 1.78. The molecule has 6 nitrogen and oxygen atoms in total. The standard InChI is InChI=1S/C17H21NO5/c1-10(19)6-12(20)8-13-15-11(4-5-18(13)2)7-14-16(17(15)21-3)23-9-22-14/h7,13H,4-6,8-9H2,1-3H3/t13-/m1/s1. The molecule has 0 amide bonds. The zero-order valence-electron chi connectivity index (χ0n) is 13.7. The van der Waals surface area contributed by atoms with Gasteiger partial charge < -0.3 is 14.2 Å². The summed E-state index contributed by atoms with van der Waals surface area (Å²) in [6.07, 6.45) is 1.13. The Kier molecular flexibility index (Phi) is 4.26. The lowest BCUT2D eigenvalue weighted by Crippen LogP contribution is -2.34. The largest absolute Gasteiger partial charge is 0.492 e. The van der Waals surface area contributed by atoms with E-state index < -0.39 is 0 Å². The van der Waals surface area contributed by atoms with Gasteiger partial charge in [0.1, 0.15) is 11.6 Å². The lowest BCUT2D eigenvalue weighted by atomic mass is 9.88. The normalized spacial score (nSPS) is 19.3. The van der Waals surface area contributed by atoms with E-state index in [9.17, 15) is 9.59 Å². The lowest BCUT2D eigenvalue weighted by Gasteiger charge is -2.35. The van der Waals surface area contributed by atoms with Gasteiger partial charge in [-0.2, -0.15) is 0 Å². The Morgan fingerprint density at radius 2 is 2.17 bits per heavy atom. The van der Waals surface area contributed by atoms with Gasteiger partial charge in [-0.15, -0.1) is 0 Å². The predicted molar refractivity (Wildman–Crippen MR) is 83.1 cm³/mol. The van der Waals surface area contributed by atoms with Crippen molar-refractivity contribution in [3.63, 3.8) is 0 Å². The summed E-state index contributed by atoms with van der Waals surface area (Å²) >= 11 is 0. The number of ether oxygens (including phenoxy) is 3. The van der Waals surface area contributed by atoms with Gasteiger partial charge in [0.15, 0.2) is 11.5 Å². The van der Waals surface area contributed by atoms with Crippen LogP contribution in [0.4, 0.5) is 0 Å². The molecule has 0 fully saturated rings. The summed E-state index contributed by atoms with van der Waals surface area (Å²) < 4.78 is 16.6. The molecule has 6 heteroatoms. The Balaban J connectivity index is 2.00. The number of hydrogen-bond donors (Lipinski definition) is 0. The highest BCUT2D eigenvalue weighted by Crippen LogP contribution is 2.50. The summed E-state index contributed by atoms with van der Waals surface area (Å²) in [4.78, 5) is 25.5. The lowest BCUT2D eigenvalue weighted by molar-refractivity contribution is -0.126. The van der Waals surface area contributed by atoms with Crippen LogP contribution in [0, 0.1) is 0 Å². The van der Waals surface area contributed by atoms with Crippen LogP contribution in [0.5, 0.6) is 17.2 Å². The Morgan fingerprint density at radius 3 is 2.87 bits per heavy atom. The van der Waals surface area contributed by atoms with E-state index in [0.717, 1.165) is 24.1 Å². The molecule has 0 saturated carbocycles. The van der Waals surface area contributed by atoms with E-state index in [1.54, 1.807) is 7.11 Å². The van der Waals surface area contributed by atoms with Crippen molar-refractivity contribution in [3.05, 3.63) is 17.2 Å². The van der Waals surface area contributed by atoms with E-state index in [0.29, 0.717) is 23.7 Å². The third-order valence-electron chi connectivity index (χ3n) is 4.41. The summed E-state index contributed by atoms with van der Waals surface area (Å²) in [5.41, 5.74) is 2.09. The molecule has 0 saturated heterocycles. The molecule has 0 N–H and O–H groups in total. The fourth-order valence-corrected chi connectivity index (χ4v) is 3.35. The molecule has 1 atom stereocenters. The monoisotopic (exact) mass is 319 g/mol. The number of ketones is 2. The van der Waals surface area contributed by atoms with Crippen molar-refractivity contribution < 1.29 is 23.8 Å². The van der Waals surface area contributed by atoms with Gasteiger partial charge in [0.05, 0.1) is 13.5 Å². The molecular formula is C17H21NO5. The molecule has 1 aromatic rings. The minimum absolute atomic E-state index is 0.0213. The van der Waals surface area contributed by atoms with Gasteiger partial charge in [-0.25, -0.2) is 0 Å². The Bertz CT molecular complexity index is 655. The average Bonchev–Trinajstić information content (AvgIpc) is 2.95. The molecule has 0 radical (unpaired) electrons. The maximum atomic E-state index is 12.2. The zero-order valence-corrected chi connectivity index (χ0v) is 13.7. The molecule has 124 valence electrons. The van der Waals surface area contributed by atoms with Crippen LogP contribution in [-0.4, -0.2) is 44.0 Å². The van der Waals surface area contributed by atoms with Crippen LogP contribution in [0.25, 0.3) is 0 Å². The highest BCUT2D eigenvalue weighted by molar-refractivity contribution is 5.98. The second kappa shape index (κ2) is 6.20. The third kappa shape index (κ3) is 2.91. The molecule has 23 heavy (non-hydrogen) atoms. The number of benzene rings is 1. The Hall–Kier alpha value is -2.08. The molecule has 0 unspecified atom stereocenters. The number of methoxy groups -OCH3 is 1. The molecule has 0 bridgehead atoms. The first-order valence-corrected chi connectivity index (χ1v) is 7.72. The number of carbonyl (C=O) groups excluding carboxylic acids is 2. The molecule has 1 aromatic carbocycles. The summed E-state index contributed by atoms with van der Waals surface area (Å²) in [5, 5.41) is 0. The van der Waals surface area contributed by atoms with Crippen molar-refractivity contribution in [2.45, 2.75) is 32.2 Å². The molecule has 2 aliphatic heterocycles.